The van der Waals surface area contributed by atoms with E-state index in [-0.39, 0.29) is 18.2 Å². The summed E-state index contributed by atoms with van der Waals surface area (Å²) in [4.78, 5) is 16.5. The Labute approximate surface area is 213 Å². The van der Waals surface area contributed by atoms with Crippen molar-refractivity contribution in [3.8, 4) is 0 Å². The number of aliphatic imine (C=N–C) groups is 1. The molecule has 9 nitrogen and oxygen atoms in total. The molecule has 2 N–H and O–H groups in total. The molecule has 0 bridgehead atoms. The second kappa shape index (κ2) is 9.59. The summed E-state index contributed by atoms with van der Waals surface area (Å²) in [6, 6.07) is 6.46. The number of amides is 1. The summed E-state index contributed by atoms with van der Waals surface area (Å²) in [7, 11) is 0. The Morgan fingerprint density at radius 1 is 1.05 bits per heavy atom. The molecule has 2 aromatic carbocycles. The van der Waals surface area contributed by atoms with Gasteiger partial charge in [0.25, 0.3) is 5.91 Å². The fourth-order valence-corrected chi connectivity index (χ4v) is 4.49. The molecule has 0 aliphatic carbocycles. The minimum absolute atomic E-state index is 0.106. The van der Waals surface area contributed by atoms with Crippen LogP contribution in [0.4, 0.5) is 26.3 Å². The zero-order valence-electron chi connectivity index (χ0n) is 18.8. The summed E-state index contributed by atoms with van der Waals surface area (Å²) in [5, 5.41) is 21.3. The Balaban J connectivity index is 1.35. The number of H-pyrrole nitrogens is 1. The molecule has 2 aromatic heterocycles. The quantitative estimate of drug-likeness (QED) is 0.279. The molecule has 0 saturated carbocycles. The number of carbonyl (C=O) groups excluding carboxylic acids is 1. The van der Waals surface area contributed by atoms with Crippen molar-refractivity contribution >= 4 is 39.8 Å². The molecule has 5 rings (SSSR count). The first-order chi connectivity index (χ1) is 18.0. The second-order valence-electron chi connectivity index (χ2n) is 8.00. The van der Waals surface area contributed by atoms with Gasteiger partial charge in [0.1, 0.15) is 0 Å². The first kappa shape index (κ1) is 25.4. The van der Waals surface area contributed by atoms with Crippen LogP contribution in [0.3, 0.4) is 0 Å². The van der Waals surface area contributed by atoms with E-state index in [1.807, 2.05) is 0 Å². The largest absolute Gasteiger partial charge is 0.416 e. The van der Waals surface area contributed by atoms with Crippen molar-refractivity contribution in [3.63, 3.8) is 0 Å². The first-order valence-corrected chi connectivity index (χ1v) is 11.5. The Morgan fingerprint density at radius 2 is 1.87 bits per heavy atom. The number of tetrazole rings is 1. The fraction of sp³-hybridized carbons (Fsp3) is 0.182. The van der Waals surface area contributed by atoms with Crippen LogP contribution in [-0.4, -0.2) is 41.5 Å². The zero-order chi connectivity index (χ0) is 27.1. The van der Waals surface area contributed by atoms with E-state index in [1.165, 1.54) is 10.9 Å². The van der Waals surface area contributed by atoms with Crippen LogP contribution >= 0.6 is 11.8 Å². The molecule has 0 spiro atoms. The maximum atomic E-state index is 13.5. The maximum absolute atomic E-state index is 13.5. The van der Waals surface area contributed by atoms with Crippen LogP contribution in [0.25, 0.3) is 17.0 Å². The SMILES string of the molecule is O=C1N=C(NCc2nn[nH]n2)SC1=Cc1ccc2c(cnn2Cc2ccc(C(F)(F)F)cc2C(F)(F)F)c1. The van der Waals surface area contributed by atoms with Gasteiger partial charge in [0.2, 0.25) is 0 Å². The molecule has 0 atom stereocenters. The number of aromatic amines is 1. The van der Waals surface area contributed by atoms with Crippen LogP contribution in [0.1, 0.15) is 28.1 Å². The van der Waals surface area contributed by atoms with Gasteiger partial charge in [0.15, 0.2) is 11.0 Å². The number of alkyl halides is 6. The van der Waals surface area contributed by atoms with E-state index in [0.717, 1.165) is 17.8 Å². The minimum atomic E-state index is -4.98. The zero-order valence-corrected chi connectivity index (χ0v) is 19.6. The van der Waals surface area contributed by atoms with E-state index >= 15 is 0 Å². The smallest absolute Gasteiger partial charge is 0.357 e. The molecule has 0 radical (unpaired) electrons. The molecule has 1 aliphatic heterocycles. The summed E-state index contributed by atoms with van der Waals surface area (Å²) < 4.78 is 80.8. The van der Waals surface area contributed by atoms with Crippen LogP contribution in [0, 0.1) is 0 Å². The number of halogens is 6. The lowest BCUT2D eigenvalue weighted by Gasteiger charge is -2.16. The average molecular weight is 552 g/mol. The lowest BCUT2D eigenvalue weighted by atomic mass is 10.0. The van der Waals surface area contributed by atoms with Gasteiger partial charge in [-0.2, -0.15) is 41.6 Å². The third kappa shape index (κ3) is 5.39. The van der Waals surface area contributed by atoms with Gasteiger partial charge in [0, 0.05) is 5.39 Å². The van der Waals surface area contributed by atoms with E-state index in [9.17, 15) is 31.1 Å². The van der Waals surface area contributed by atoms with Crippen molar-refractivity contribution in [2.24, 2.45) is 4.99 Å². The van der Waals surface area contributed by atoms with E-state index < -0.39 is 35.9 Å². The molecule has 196 valence electrons. The van der Waals surface area contributed by atoms with Gasteiger partial charge in [-0.05, 0) is 53.2 Å². The molecule has 0 fully saturated rings. The Hall–Kier alpha value is -4.21. The van der Waals surface area contributed by atoms with Crippen molar-refractivity contribution in [2.75, 3.05) is 0 Å². The summed E-state index contributed by atoms with van der Waals surface area (Å²) in [5.74, 6) is -0.0670. The normalized spacial score (nSPS) is 15.5. The highest BCUT2D eigenvalue weighted by Crippen LogP contribution is 2.38. The van der Waals surface area contributed by atoms with Crippen molar-refractivity contribution in [1.82, 2.24) is 35.7 Å². The molecule has 3 heterocycles. The lowest BCUT2D eigenvalue weighted by molar-refractivity contribution is -0.143. The highest BCUT2D eigenvalue weighted by atomic mass is 32.2. The standard InChI is InChI=1S/C22H14F6N8OS/c23-21(24,25)14-3-2-12(15(7-14)22(26,27)28)10-36-16-4-1-11(5-13(16)8-30-36)6-17-19(37)31-20(38-17)29-9-18-32-34-35-33-18/h1-8H,9-10H2,(H,29,31,37)(H,32,33,34,35). The van der Waals surface area contributed by atoms with Gasteiger partial charge in [-0.3, -0.25) is 9.48 Å². The van der Waals surface area contributed by atoms with Crippen LogP contribution in [-0.2, 0) is 30.2 Å². The topological polar surface area (TPSA) is 114 Å². The van der Waals surface area contributed by atoms with E-state index in [1.54, 1.807) is 24.3 Å². The number of carbonyl (C=O) groups is 1. The Kier molecular flexibility index (Phi) is 6.42. The van der Waals surface area contributed by atoms with Crippen molar-refractivity contribution in [2.45, 2.75) is 25.4 Å². The summed E-state index contributed by atoms with van der Waals surface area (Å²) >= 11 is 1.11. The summed E-state index contributed by atoms with van der Waals surface area (Å²) in [5.41, 5.74) is -2.03. The highest BCUT2D eigenvalue weighted by Gasteiger charge is 2.38. The molecule has 16 heteroatoms. The molecule has 1 amide bonds. The number of hydrogen-bond donors (Lipinski definition) is 2. The number of amidine groups is 1. The summed E-state index contributed by atoms with van der Waals surface area (Å²) in [6.45, 7) is -0.183. The average Bonchev–Trinajstić information content (AvgIpc) is 3.58. The number of aromatic nitrogens is 6. The number of thioether (sulfide) groups is 1. The molecule has 0 saturated heterocycles. The molecule has 38 heavy (non-hydrogen) atoms. The van der Waals surface area contributed by atoms with Gasteiger partial charge in [0.05, 0.1) is 40.8 Å². The van der Waals surface area contributed by atoms with Crippen LogP contribution in [0.15, 0.2) is 52.5 Å². The molecular weight excluding hydrogens is 538 g/mol. The van der Waals surface area contributed by atoms with Crippen LogP contribution in [0.5, 0.6) is 0 Å². The van der Waals surface area contributed by atoms with Gasteiger partial charge in [-0.25, -0.2) is 0 Å². The number of nitrogens with one attached hydrogen (secondary N) is 2. The molecular formula is C22H14F6N8OS. The second-order valence-corrected chi connectivity index (χ2v) is 9.03. The minimum Gasteiger partial charge on any atom is -0.357 e. The lowest BCUT2D eigenvalue weighted by Crippen LogP contribution is -2.19. The first-order valence-electron chi connectivity index (χ1n) is 10.7. The van der Waals surface area contributed by atoms with Gasteiger partial charge >= 0.3 is 12.4 Å². The van der Waals surface area contributed by atoms with Crippen molar-refractivity contribution in [3.05, 3.63) is 75.6 Å². The summed E-state index contributed by atoms with van der Waals surface area (Å²) in [6.07, 6.45) is -6.86. The number of rotatable bonds is 5. The van der Waals surface area contributed by atoms with E-state index in [4.69, 9.17) is 0 Å². The van der Waals surface area contributed by atoms with E-state index in [0.29, 0.717) is 38.4 Å². The number of fused-ring (bicyclic) bond motifs is 1. The third-order valence-corrected chi connectivity index (χ3v) is 6.38. The number of hydrogen-bond acceptors (Lipinski definition) is 7. The maximum Gasteiger partial charge on any atom is 0.416 e. The van der Waals surface area contributed by atoms with Gasteiger partial charge in [-0.15, -0.1) is 10.2 Å². The number of nitrogens with zero attached hydrogens (tertiary/aromatic N) is 6. The Bertz CT molecular complexity index is 1570. The molecule has 4 aromatic rings. The molecule has 1 aliphatic rings. The monoisotopic (exact) mass is 552 g/mol. The fourth-order valence-electron chi connectivity index (χ4n) is 3.69. The Morgan fingerprint density at radius 3 is 2.58 bits per heavy atom. The van der Waals surface area contributed by atoms with Gasteiger partial charge < -0.3 is 5.32 Å². The highest BCUT2D eigenvalue weighted by molar-refractivity contribution is 8.18. The predicted octanol–water partition coefficient (Wildman–Crippen LogP) is 4.40. The van der Waals surface area contributed by atoms with Crippen LogP contribution < -0.4 is 5.32 Å². The van der Waals surface area contributed by atoms with E-state index in [2.05, 4.69) is 36.0 Å². The third-order valence-electron chi connectivity index (χ3n) is 5.43. The van der Waals surface area contributed by atoms with Crippen LogP contribution in [0.2, 0.25) is 0 Å². The molecule has 0 unspecified atom stereocenters. The number of benzene rings is 2. The van der Waals surface area contributed by atoms with Crippen molar-refractivity contribution < 1.29 is 31.1 Å². The van der Waals surface area contributed by atoms with Gasteiger partial charge in [-0.1, -0.05) is 17.3 Å². The van der Waals surface area contributed by atoms with Crippen molar-refractivity contribution in [1.29, 1.82) is 0 Å². The predicted molar refractivity (Wildman–Crippen MR) is 124 cm³/mol.